The van der Waals surface area contributed by atoms with Crippen LogP contribution < -0.4 is 0 Å². The lowest BCUT2D eigenvalue weighted by Gasteiger charge is -2.02. The lowest BCUT2D eigenvalue weighted by Crippen LogP contribution is -1.98. The van der Waals surface area contributed by atoms with Crippen molar-refractivity contribution in [3.63, 3.8) is 0 Å². The van der Waals surface area contributed by atoms with Gasteiger partial charge in [0.2, 0.25) is 0 Å². The van der Waals surface area contributed by atoms with Crippen molar-refractivity contribution in [2.75, 3.05) is 0 Å². The molecule has 0 saturated carbocycles. The molecule has 4 nitrogen and oxygen atoms in total. The number of fused-ring (bicyclic) bond motifs is 1. The largest absolute Gasteiger partial charge is 0.240 e. The van der Waals surface area contributed by atoms with Gasteiger partial charge >= 0.3 is 0 Å². The monoisotopic (exact) mass is 174 g/mol. The van der Waals surface area contributed by atoms with Gasteiger partial charge in [0.1, 0.15) is 5.82 Å². The number of hydrogen-bond donors (Lipinski definition) is 0. The van der Waals surface area contributed by atoms with Crippen molar-refractivity contribution >= 4 is 11.0 Å². The minimum Gasteiger partial charge on any atom is -0.240 e. The van der Waals surface area contributed by atoms with Gasteiger partial charge in [-0.25, -0.2) is 9.97 Å². The summed E-state index contributed by atoms with van der Waals surface area (Å²) in [5.74, 6) is 1.14. The SMILES string of the molecule is CC(C)c1ncc2ccnnc2n1. The van der Waals surface area contributed by atoms with Crippen LogP contribution in [0.25, 0.3) is 11.0 Å². The van der Waals surface area contributed by atoms with E-state index >= 15 is 0 Å². The molecule has 0 amide bonds. The molecule has 0 atom stereocenters. The summed E-state index contributed by atoms with van der Waals surface area (Å²) in [7, 11) is 0. The van der Waals surface area contributed by atoms with Crippen LogP contribution in [-0.2, 0) is 0 Å². The first-order valence-electron chi connectivity index (χ1n) is 4.21. The molecule has 2 aromatic heterocycles. The smallest absolute Gasteiger partial charge is 0.185 e. The Labute approximate surface area is 76.1 Å². The van der Waals surface area contributed by atoms with Crippen molar-refractivity contribution in [2.45, 2.75) is 19.8 Å². The lowest BCUT2D eigenvalue weighted by atomic mass is 10.2. The number of aromatic nitrogens is 4. The summed E-state index contributed by atoms with van der Waals surface area (Å²) in [5, 5.41) is 8.63. The van der Waals surface area contributed by atoms with Crippen LogP contribution in [0.5, 0.6) is 0 Å². The molecule has 2 heterocycles. The van der Waals surface area contributed by atoms with Gasteiger partial charge in [-0.3, -0.25) is 0 Å². The van der Waals surface area contributed by atoms with E-state index in [1.807, 2.05) is 6.07 Å². The summed E-state index contributed by atoms with van der Waals surface area (Å²) >= 11 is 0. The van der Waals surface area contributed by atoms with E-state index in [1.54, 1.807) is 12.4 Å². The maximum atomic E-state index is 4.29. The van der Waals surface area contributed by atoms with Gasteiger partial charge in [0, 0.05) is 17.5 Å². The van der Waals surface area contributed by atoms with E-state index in [4.69, 9.17) is 0 Å². The topological polar surface area (TPSA) is 51.6 Å². The summed E-state index contributed by atoms with van der Waals surface area (Å²) in [4.78, 5) is 8.52. The normalized spacial score (nSPS) is 11.0. The van der Waals surface area contributed by atoms with Crippen LogP contribution in [0.3, 0.4) is 0 Å². The zero-order valence-corrected chi connectivity index (χ0v) is 7.60. The second-order valence-electron chi connectivity index (χ2n) is 3.19. The van der Waals surface area contributed by atoms with Gasteiger partial charge in [-0.05, 0) is 6.07 Å². The fraction of sp³-hybridized carbons (Fsp3) is 0.333. The average molecular weight is 174 g/mol. The van der Waals surface area contributed by atoms with E-state index in [0.29, 0.717) is 11.6 Å². The summed E-state index contributed by atoms with van der Waals surface area (Å²) in [6.45, 7) is 4.11. The fourth-order valence-electron chi connectivity index (χ4n) is 1.07. The molecule has 0 aromatic carbocycles. The quantitative estimate of drug-likeness (QED) is 0.658. The first-order valence-corrected chi connectivity index (χ1v) is 4.21. The second kappa shape index (κ2) is 3.05. The second-order valence-corrected chi connectivity index (χ2v) is 3.19. The van der Waals surface area contributed by atoms with Gasteiger partial charge in [-0.1, -0.05) is 13.8 Å². The van der Waals surface area contributed by atoms with Crippen molar-refractivity contribution in [1.82, 2.24) is 20.2 Å². The van der Waals surface area contributed by atoms with Gasteiger partial charge in [0.15, 0.2) is 5.65 Å². The summed E-state index contributed by atoms with van der Waals surface area (Å²) < 4.78 is 0. The minimum atomic E-state index is 0.325. The van der Waals surface area contributed by atoms with E-state index in [2.05, 4.69) is 34.0 Å². The molecule has 0 aliphatic carbocycles. The molecule has 0 fully saturated rings. The molecular formula is C9H10N4. The molecule has 4 heteroatoms. The van der Waals surface area contributed by atoms with Crippen LogP contribution >= 0.6 is 0 Å². The highest BCUT2D eigenvalue weighted by molar-refractivity contribution is 5.72. The molecule has 0 bridgehead atoms. The Kier molecular flexibility index (Phi) is 1.88. The maximum absolute atomic E-state index is 4.29. The number of nitrogens with zero attached hydrogens (tertiary/aromatic N) is 4. The first kappa shape index (κ1) is 8.04. The highest BCUT2D eigenvalue weighted by Crippen LogP contribution is 2.11. The molecule has 2 rings (SSSR count). The third kappa shape index (κ3) is 1.47. The molecule has 66 valence electrons. The number of rotatable bonds is 1. The Bertz CT molecular complexity index is 425. The minimum absolute atomic E-state index is 0.325. The molecule has 2 aromatic rings. The molecule has 0 N–H and O–H groups in total. The van der Waals surface area contributed by atoms with Gasteiger partial charge in [-0.2, -0.15) is 5.10 Å². The van der Waals surface area contributed by atoms with Crippen molar-refractivity contribution in [2.24, 2.45) is 0 Å². The van der Waals surface area contributed by atoms with Crippen LogP contribution in [0.2, 0.25) is 0 Å². The first-order chi connectivity index (χ1) is 6.27. The van der Waals surface area contributed by atoms with E-state index in [1.165, 1.54) is 0 Å². The van der Waals surface area contributed by atoms with Crippen LogP contribution in [0.15, 0.2) is 18.5 Å². The third-order valence-corrected chi connectivity index (χ3v) is 1.80. The molecule has 0 aliphatic rings. The van der Waals surface area contributed by atoms with Gasteiger partial charge in [-0.15, -0.1) is 5.10 Å². The van der Waals surface area contributed by atoms with Crippen LogP contribution in [0.1, 0.15) is 25.6 Å². The van der Waals surface area contributed by atoms with Gasteiger partial charge < -0.3 is 0 Å². The third-order valence-electron chi connectivity index (χ3n) is 1.80. The van der Waals surface area contributed by atoms with Gasteiger partial charge in [0.25, 0.3) is 0 Å². The van der Waals surface area contributed by atoms with E-state index < -0.39 is 0 Å². The Morgan fingerprint density at radius 2 is 2.15 bits per heavy atom. The standard InChI is InChI=1S/C9H10N4/c1-6(2)8-10-5-7-3-4-11-13-9(7)12-8/h3-6H,1-2H3. The molecule has 0 spiro atoms. The van der Waals surface area contributed by atoms with Crippen LogP contribution in [0, 0.1) is 0 Å². The molecule has 13 heavy (non-hydrogen) atoms. The lowest BCUT2D eigenvalue weighted by molar-refractivity contribution is 0.778. The Hall–Kier alpha value is -1.58. The Balaban J connectivity index is 2.62. The molecule has 0 radical (unpaired) electrons. The molecular weight excluding hydrogens is 164 g/mol. The zero-order valence-electron chi connectivity index (χ0n) is 7.60. The van der Waals surface area contributed by atoms with Crippen LogP contribution in [0.4, 0.5) is 0 Å². The molecule has 0 aliphatic heterocycles. The predicted octanol–water partition coefficient (Wildman–Crippen LogP) is 1.54. The predicted molar refractivity (Wildman–Crippen MR) is 49.2 cm³/mol. The summed E-state index contributed by atoms with van der Waals surface area (Å²) in [6.07, 6.45) is 3.42. The van der Waals surface area contributed by atoms with Crippen molar-refractivity contribution in [3.8, 4) is 0 Å². The molecule has 0 saturated heterocycles. The van der Waals surface area contributed by atoms with Crippen LogP contribution in [-0.4, -0.2) is 20.2 Å². The zero-order chi connectivity index (χ0) is 9.26. The van der Waals surface area contributed by atoms with Crippen molar-refractivity contribution in [3.05, 3.63) is 24.3 Å². The molecule has 0 unspecified atom stereocenters. The highest BCUT2D eigenvalue weighted by atomic mass is 15.1. The Morgan fingerprint density at radius 1 is 1.31 bits per heavy atom. The summed E-state index contributed by atoms with van der Waals surface area (Å²) in [6, 6.07) is 1.85. The Morgan fingerprint density at radius 3 is 2.92 bits per heavy atom. The van der Waals surface area contributed by atoms with E-state index in [9.17, 15) is 0 Å². The fourth-order valence-corrected chi connectivity index (χ4v) is 1.07. The van der Waals surface area contributed by atoms with Crippen molar-refractivity contribution in [1.29, 1.82) is 0 Å². The summed E-state index contributed by atoms with van der Waals surface area (Å²) in [5.41, 5.74) is 0.668. The number of hydrogen-bond acceptors (Lipinski definition) is 4. The maximum Gasteiger partial charge on any atom is 0.185 e. The van der Waals surface area contributed by atoms with Crippen molar-refractivity contribution < 1.29 is 0 Å². The van der Waals surface area contributed by atoms with Gasteiger partial charge in [0.05, 0.1) is 6.20 Å². The van der Waals surface area contributed by atoms with E-state index in [-0.39, 0.29) is 0 Å². The highest BCUT2D eigenvalue weighted by Gasteiger charge is 2.03. The average Bonchev–Trinajstić information content (AvgIpc) is 2.17. The van der Waals surface area contributed by atoms with E-state index in [0.717, 1.165) is 11.2 Å².